The van der Waals surface area contributed by atoms with Gasteiger partial charge in [0.2, 0.25) is 0 Å². The van der Waals surface area contributed by atoms with E-state index in [1.54, 1.807) is 12.1 Å². The third-order valence-corrected chi connectivity index (χ3v) is 2.95. The number of halogens is 2. The first-order valence-electron chi connectivity index (χ1n) is 6.66. The number of carbonyl (C=O) groups is 1. The summed E-state index contributed by atoms with van der Waals surface area (Å²) in [4.78, 5) is 16.2. The van der Waals surface area contributed by atoms with E-state index in [0.29, 0.717) is 31.2 Å². The minimum atomic E-state index is -0.118. The molecule has 0 fully saturated rings. The number of nitrogens with zero attached hydrogens (tertiary/aromatic N) is 1. The monoisotopic (exact) mass is 478 g/mol. The van der Waals surface area contributed by atoms with Gasteiger partial charge in [0.05, 0.1) is 13.1 Å². The van der Waals surface area contributed by atoms with Crippen molar-refractivity contribution in [3.8, 4) is 12.3 Å². The predicted octanol–water partition coefficient (Wildman–Crippen LogP) is 1.99. The van der Waals surface area contributed by atoms with E-state index in [0.717, 1.165) is 11.0 Å². The lowest BCUT2D eigenvalue weighted by Gasteiger charge is -2.09. The van der Waals surface area contributed by atoms with Crippen molar-refractivity contribution in [1.29, 1.82) is 0 Å². The fourth-order valence-electron chi connectivity index (χ4n) is 1.55. The van der Waals surface area contributed by atoms with Gasteiger partial charge in [-0.25, -0.2) is 0 Å². The summed E-state index contributed by atoms with van der Waals surface area (Å²) in [5.74, 6) is 3.01. The van der Waals surface area contributed by atoms with Crippen molar-refractivity contribution in [2.75, 3.05) is 26.2 Å². The minimum absolute atomic E-state index is 0. The number of nitrogens with one attached hydrogen (secondary N) is 3. The number of hydrogen-bond donors (Lipinski definition) is 3. The summed E-state index contributed by atoms with van der Waals surface area (Å²) in [5, 5.41) is 8.87. The lowest BCUT2D eigenvalue weighted by atomic mass is 10.2. The molecule has 120 valence electrons. The van der Waals surface area contributed by atoms with E-state index in [9.17, 15) is 4.79 Å². The number of terminal acetylenes is 1. The Morgan fingerprint density at radius 1 is 1.36 bits per heavy atom. The normalized spacial score (nSPS) is 10.1. The topological polar surface area (TPSA) is 65.5 Å². The number of rotatable bonds is 6. The van der Waals surface area contributed by atoms with E-state index < -0.39 is 0 Å². The number of aliphatic imine (C=N–C) groups is 1. The molecule has 0 radical (unpaired) electrons. The minimum Gasteiger partial charge on any atom is -0.357 e. The maximum atomic E-state index is 11.9. The molecule has 0 atom stereocenters. The van der Waals surface area contributed by atoms with Crippen LogP contribution >= 0.6 is 39.9 Å². The molecule has 0 spiro atoms. The number of carbonyl (C=O) groups excluding carboxylic acids is 1. The van der Waals surface area contributed by atoms with Gasteiger partial charge in [0.15, 0.2) is 5.96 Å². The van der Waals surface area contributed by atoms with Gasteiger partial charge in [-0.1, -0.05) is 27.9 Å². The van der Waals surface area contributed by atoms with Crippen LogP contribution in [0.1, 0.15) is 17.3 Å². The third-order valence-electron chi connectivity index (χ3n) is 2.46. The Bertz CT molecular complexity index is 543. The molecule has 0 bridgehead atoms. The Kier molecular flexibility index (Phi) is 11.6. The standard InChI is InChI=1S/C15H19BrN4O.HI/c1-3-8-19-15(17-4-2)20-10-9-18-14(21)12-6-5-7-13(16)11-12;/h1,5-7,11H,4,8-10H2,2H3,(H,18,21)(H2,17,19,20);1H. The van der Waals surface area contributed by atoms with Gasteiger partial charge < -0.3 is 16.0 Å². The molecule has 3 N–H and O–H groups in total. The van der Waals surface area contributed by atoms with Crippen molar-refractivity contribution in [1.82, 2.24) is 16.0 Å². The van der Waals surface area contributed by atoms with Crippen LogP contribution in [0.4, 0.5) is 0 Å². The van der Waals surface area contributed by atoms with Gasteiger partial charge in [-0.15, -0.1) is 30.4 Å². The summed E-state index contributed by atoms with van der Waals surface area (Å²) >= 11 is 3.34. The summed E-state index contributed by atoms with van der Waals surface area (Å²) in [6.45, 7) is 4.07. The second kappa shape index (κ2) is 12.3. The molecule has 0 aliphatic rings. The Labute approximate surface area is 156 Å². The highest BCUT2D eigenvalue weighted by molar-refractivity contribution is 14.0. The van der Waals surface area contributed by atoms with Gasteiger partial charge >= 0.3 is 0 Å². The van der Waals surface area contributed by atoms with Crippen LogP contribution in [0.15, 0.2) is 33.7 Å². The van der Waals surface area contributed by atoms with Gasteiger partial charge in [0.1, 0.15) is 0 Å². The van der Waals surface area contributed by atoms with E-state index in [2.05, 4.69) is 42.8 Å². The van der Waals surface area contributed by atoms with Gasteiger partial charge in [-0.2, -0.15) is 0 Å². The summed E-state index contributed by atoms with van der Waals surface area (Å²) < 4.78 is 0.876. The zero-order chi connectivity index (χ0) is 15.5. The quantitative estimate of drug-likeness (QED) is 0.192. The second-order valence-corrected chi connectivity index (χ2v) is 5.00. The van der Waals surface area contributed by atoms with Crippen molar-refractivity contribution < 1.29 is 4.79 Å². The van der Waals surface area contributed by atoms with Crippen LogP contribution in [0.25, 0.3) is 0 Å². The molecule has 0 saturated heterocycles. The summed E-state index contributed by atoms with van der Waals surface area (Å²) in [7, 11) is 0. The lowest BCUT2D eigenvalue weighted by Crippen LogP contribution is -2.38. The number of hydrogen-bond acceptors (Lipinski definition) is 2. The van der Waals surface area contributed by atoms with Crippen molar-refractivity contribution in [3.63, 3.8) is 0 Å². The average molecular weight is 479 g/mol. The SMILES string of the molecule is C#CCNC(=NCCNC(=O)c1cccc(Br)c1)NCC.I. The van der Waals surface area contributed by atoms with Crippen molar-refractivity contribution in [3.05, 3.63) is 34.3 Å². The van der Waals surface area contributed by atoms with Crippen molar-refractivity contribution >= 4 is 51.8 Å². The Hall–Kier alpha value is -1.27. The predicted molar refractivity (Wildman–Crippen MR) is 105 cm³/mol. The van der Waals surface area contributed by atoms with Gasteiger partial charge in [0, 0.05) is 23.1 Å². The summed E-state index contributed by atoms with van der Waals surface area (Å²) in [5.41, 5.74) is 0.616. The van der Waals surface area contributed by atoms with Gasteiger partial charge in [-0.05, 0) is 25.1 Å². The maximum Gasteiger partial charge on any atom is 0.251 e. The van der Waals surface area contributed by atoms with Crippen LogP contribution < -0.4 is 16.0 Å². The highest BCUT2D eigenvalue weighted by atomic mass is 127. The molecule has 0 aromatic heterocycles. The van der Waals surface area contributed by atoms with Crippen molar-refractivity contribution in [2.45, 2.75) is 6.92 Å². The van der Waals surface area contributed by atoms with Crippen LogP contribution in [0.3, 0.4) is 0 Å². The molecule has 1 aromatic rings. The molecule has 7 heteroatoms. The lowest BCUT2D eigenvalue weighted by molar-refractivity contribution is 0.0954. The average Bonchev–Trinajstić information content (AvgIpc) is 2.48. The molecular weight excluding hydrogens is 459 g/mol. The first-order chi connectivity index (χ1) is 10.2. The van der Waals surface area contributed by atoms with E-state index in [1.165, 1.54) is 0 Å². The van der Waals surface area contributed by atoms with E-state index >= 15 is 0 Å². The first-order valence-corrected chi connectivity index (χ1v) is 7.46. The van der Waals surface area contributed by atoms with E-state index in [4.69, 9.17) is 6.42 Å². The zero-order valence-corrected chi connectivity index (χ0v) is 16.3. The fourth-order valence-corrected chi connectivity index (χ4v) is 1.94. The zero-order valence-electron chi connectivity index (χ0n) is 12.4. The number of guanidine groups is 1. The molecule has 1 aromatic carbocycles. The summed E-state index contributed by atoms with van der Waals surface area (Å²) in [6, 6.07) is 7.24. The first kappa shape index (κ1) is 20.7. The van der Waals surface area contributed by atoms with E-state index in [1.807, 2.05) is 19.1 Å². The number of benzene rings is 1. The second-order valence-electron chi connectivity index (χ2n) is 4.08. The molecule has 0 unspecified atom stereocenters. The number of amides is 1. The Balaban J connectivity index is 0.00000441. The van der Waals surface area contributed by atoms with Crippen LogP contribution in [-0.2, 0) is 0 Å². The van der Waals surface area contributed by atoms with Crippen LogP contribution in [0.2, 0.25) is 0 Å². The Morgan fingerprint density at radius 3 is 2.77 bits per heavy atom. The molecule has 0 aliphatic heterocycles. The molecule has 1 amide bonds. The smallest absolute Gasteiger partial charge is 0.251 e. The van der Waals surface area contributed by atoms with Gasteiger partial charge in [-0.3, -0.25) is 9.79 Å². The maximum absolute atomic E-state index is 11.9. The molecule has 0 aliphatic carbocycles. The molecule has 22 heavy (non-hydrogen) atoms. The molecule has 5 nitrogen and oxygen atoms in total. The molecule has 0 heterocycles. The molecular formula is C15H20BrIN4O. The van der Waals surface area contributed by atoms with Crippen LogP contribution in [0, 0.1) is 12.3 Å². The van der Waals surface area contributed by atoms with Gasteiger partial charge in [0.25, 0.3) is 5.91 Å². The summed E-state index contributed by atoms with van der Waals surface area (Å²) in [6.07, 6.45) is 5.19. The largest absolute Gasteiger partial charge is 0.357 e. The molecule has 1 rings (SSSR count). The highest BCUT2D eigenvalue weighted by Gasteiger charge is 2.04. The van der Waals surface area contributed by atoms with Crippen LogP contribution in [0.5, 0.6) is 0 Å². The van der Waals surface area contributed by atoms with Crippen LogP contribution in [-0.4, -0.2) is 38.0 Å². The fraction of sp³-hybridized carbons (Fsp3) is 0.333. The highest BCUT2D eigenvalue weighted by Crippen LogP contribution is 2.11. The molecule has 0 saturated carbocycles. The Morgan fingerprint density at radius 2 is 2.14 bits per heavy atom. The van der Waals surface area contributed by atoms with Crippen molar-refractivity contribution in [2.24, 2.45) is 4.99 Å². The van der Waals surface area contributed by atoms with E-state index in [-0.39, 0.29) is 29.9 Å². The third kappa shape index (κ3) is 8.24.